The molecule has 1 aromatic rings. The second-order valence-electron chi connectivity index (χ2n) is 6.34. The minimum absolute atomic E-state index is 0.203. The standard InChI is InChI=1S/C17H27ClN2O/c1-12(2)19-11-13-8-9-14(10-15(13)18)20(3)16-6-4-5-7-17(16)21/h8-10,12,16-17,19,21H,4-7,11H2,1-3H3. The Balaban J connectivity index is 2.07. The molecule has 0 radical (unpaired) electrons. The Kier molecular flexibility index (Phi) is 5.91. The first-order valence-corrected chi connectivity index (χ1v) is 8.29. The van der Waals surface area contributed by atoms with Crippen molar-refractivity contribution in [1.29, 1.82) is 0 Å². The smallest absolute Gasteiger partial charge is 0.0743 e. The van der Waals surface area contributed by atoms with Crippen molar-refractivity contribution in [3.63, 3.8) is 0 Å². The summed E-state index contributed by atoms with van der Waals surface area (Å²) in [5.41, 5.74) is 2.20. The van der Waals surface area contributed by atoms with E-state index in [1.165, 1.54) is 6.42 Å². The molecule has 0 spiro atoms. The van der Waals surface area contributed by atoms with Crippen molar-refractivity contribution in [2.24, 2.45) is 0 Å². The maximum atomic E-state index is 10.2. The Hall–Kier alpha value is -0.770. The Bertz CT molecular complexity index is 464. The summed E-state index contributed by atoms with van der Waals surface area (Å²) in [7, 11) is 2.05. The summed E-state index contributed by atoms with van der Waals surface area (Å²) >= 11 is 6.40. The van der Waals surface area contributed by atoms with Crippen molar-refractivity contribution in [2.75, 3.05) is 11.9 Å². The third kappa shape index (κ3) is 4.35. The van der Waals surface area contributed by atoms with E-state index >= 15 is 0 Å². The average molecular weight is 311 g/mol. The fraction of sp³-hybridized carbons (Fsp3) is 0.647. The molecular formula is C17H27ClN2O. The average Bonchev–Trinajstić information content (AvgIpc) is 2.45. The highest BCUT2D eigenvalue weighted by molar-refractivity contribution is 6.31. The van der Waals surface area contributed by atoms with Gasteiger partial charge in [0.25, 0.3) is 0 Å². The van der Waals surface area contributed by atoms with Crippen LogP contribution in [0.15, 0.2) is 18.2 Å². The zero-order chi connectivity index (χ0) is 15.4. The molecule has 1 aliphatic carbocycles. The number of rotatable bonds is 5. The van der Waals surface area contributed by atoms with Crippen molar-refractivity contribution >= 4 is 17.3 Å². The summed E-state index contributed by atoms with van der Waals surface area (Å²) in [5.74, 6) is 0. The van der Waals surface area contributed by atoms with Gasteiger partial charge in [-0.05, 0) is 30.5 Å². The summed E-state index contributed by atoms with van der Waals surface area (Å²) in [4.78, 5) is 2.18. The van der Waals surface area contributed by atoms with E-state index in [0.717, 1.165) is 42.1 Å². The van der Waals surface area contributed by atoms with Gasteiger partial charge in [-0.15, -0.1) is 0 Å². The lowest BCUT2D eigenvalue weighted by molar-refractivity contribution is 0.106. The molecule has 0 aliphatic heterocycles. The molecule has 0 amide bonds. The predicted molar refractivity (Wildman–Crippen MR) is 90.1 cm³/mol. The molecule has 2 atom stereocenters. The Labute approximate surface area is 133 Å². The Morgan fingerprint density at radius 3 is 2.67 bits per heavy atom. The van der Waals surface area contributed by atoms with Gasteiger partial charge >= 0.3 is 0 Å². The van der Waals surface area contributed by atoms with Crippen LogP contribution in [0.4, 0.5) is 5.69 Å². The topological polar surface area (TPSA) is 35.5 Å². The number of nitrogens with zero attached hydrogens (tertiary/aromatic N) is 1. The second-order valence-corrected chi connectivity index (χ2v) is 6.75. The zero-order valence-corrected chi connectivity index (χ0v) is 14.0. The summed E-state index contributed by atoms with van der Waals surface area (Å²) in [5, 5.41) is 14.4. The van der Waals surface area contributed by atoms with Gasteiger partial charge in [0.1, 0.15) is 0 Å². The molecule has 2 N–H and O–H groups in total. The van der Waals surface area contributed by atoms with E-state index in [1.54, 1.807) is 0 Å². The molecule has 2 unspecified atom stereocenters. The third-order valence-corrected chi connectivity index (χ3v) is 4.69. The van der Waals surface area contributed by atoms with E-state index < -0.39 is 0 Å². The molecule has 0 bridgehead atoms. The van der Waals surface area contributed by atoms with Gasteiger partial charge in [0, 0.05) is 30.3 Å². The lowest BCUT2D eigenvalue weighted by Crippen LogP contribution is -2.43. The molecule has 2 rings (SSSR count). The van der Waals surface area contributed by atoms with Crippen molar-refractivity contribution in [1.82, 2.24) is 5.32 Å². The number of aliphatic hydroxyl groups is 1. The van der Waals surface area contributed by atoms with E-state index in [4.69, 9.17) is 11.6 Å². The third-order valence-electron chi connectivity index (χ3n) is 4.34. The van der Waals surface area contributed by atoms with E-state index in [-0.39, 0.29) is 12.1 Å². The molecule has 0 aromatic heterocycles. The highest BCUT2D eigenvalue weighted by Gasteiger charge is 2.26. The van der Waals surface area contributed by atoms with Crippen LogP contribution in [0.5, 0.6) is 0 Å². The number of hydrogen-bond acceptors (Lipinski definition) is 3. The highest BCUT2D eigenvalue weighted by Crippen LogP contribution is 2.29. The van der Waals surface area contributed by atoms with Crippen molar-refractivity contribution in [3.05, 3.63) is 28.8 Å². The molecule has 0 saturated heterocycles. The number of hydrogen-bond donors (Lipinski definition) is 2. The number of nitrogens with one attached hydrogen (secondary N) is 1. The van der Waals surface area contributed by atoms with Gasteiger partial charge in [-0.2, -0.15) is 0 Å². The van der Waals surface area contributed by atoms with Gasteiger partial charge in [0.15, 0.2) is 0 Å². The minimum Gasteiger partial charge on any atom is -0.391 e. The lowest BCUT2D eigenvalue weighted by atomic mass is 9.91. The van der Waals surface area contributed by atoms with E-state index in [9.17, 15) is 5.11 Å². The van der Waals surface area contributed by atoms with Crippen molar-refractivity contribution in [2.45, 2.75) is 64.3 Å². The largest absolute Gasteiger partial charge is 0.391 e. The summed E-state index contributed by atoms with van der Waals surface area (Å²) in [6, 6.07) is 6.85. The summed E-state index contributed by atoms with van der Waals surface area (Å²) in [6.07, 6.45) is 4.04. The molecule has 3 nitrogen and oxygen atoms in total. The van der Waals surface area contributed by atoms with Crippen LogP contribution in [-0.2, 0) is 6.54 Å². The fourth-order valence-corrected chi connectivity index (χ4v) is 3.19. The summed E-state index contributed by atoms with van der Waals surface area (Å²) in [6.45, 7) is 5.04. The first-order chi connectivity index (χ1) is 9.99. The molecule has 1 aliphatic rings. The molecule has 118 valence electrons. The van der Waals surface area contributed by atoms with Gasteiger partial charge in [-0.3, -0.25) is 0 Å². The van der Waals surface area contributed by atoms with E-state index in [1.807, 2.05) is 6.07 Å². The van der Waals surface area contributed by atoms with Crippen LogP contribution < -0.4 is 10.2 Å². The molecule has 1 saturated carbocycles. The molecule has 1 aromatic carbocycles. The molecule has 1 fully saturated rings. The van der Waals surface area contributed by atoms with Crippen LogP contribution in [0.2, 0.25) is 5.02 Å². The second kappa shape index (κ2) is 7.48. The normalized spacial score (nSPS) is 22.6. The van der Waals surface area contributed by atoms with Gasteiger partial charge in [0.2, 0.25) is 0 Å². The van der Waals surface area contributed by atoms with Crippen LogP contribution in [-0.4, -0.2) is 30.3 Å². The first-order valence-electron chi connectivity index (χ1n) is 7.91. The van der Waals surface area contributed by atoms with Gasteiger partial charge < -0.3 is 15.3 Å². The lowest BCUT2D eigenvalue weighted by Gasteiger charge is -2.36. The maximum absolute atomic E-state index is 10.2. The molecule has 21 heavy (non-hydrogen) atoms. The van der Waals surface area contributed by atoms with Crippen LogP contribution in [0.25, 0.3) is 0 Å². The minimum atomic E-state index is -0.232. The van der Waals surface area contributed by atoms with Crippen molar-refractivity contribution in [3.8, 4) is 0 Å². The van der Waals surface area contributed by atoms with Gasteiger partial charge in [0.05, 0.1) is 12.1 Å². The number of aliphatic hydroxyl groups excluding tert-OH is 1. The summed E-state index contributed by atoms with van der Waals surface area (Å²) < 4.78 is 0. The van der Waals surface area contributed by atoms with Crippen LogP contribution in [0, 0.1) is 0 Å². The quantitative estimate of drug-likeness (QED) is 0.872. The predicted octanol–water partition coefficient (Wildman–Crippen LogP) is 3.58. The van der Waals surface area contributed by atoms with E-state index in [2.05, 4.69) is 43.2 Å². The zero-order valence-electron chi connectivity index (χ0n) is 13.3. The van der Waals surface area contributed by atoms with Crippen LogP contribution in [0.1, 0.15) is 45.1 Å². The number of benzene rings is 1. The van der Waals surface area contributed by atoms with Crippen molar-refractivity contribution < 1.29 is 5.11 Å². The Morgan fingerprint density at radius 2 is 2.05 bits per heavy atom. The molecule has 0 heterocycles. The van der Waals surface area contributed by atoms with Gasteiger partial charge in [-0.1, -0.05) is 44.4 Å². The highest BCUT2D eigenvalue weighted by atomic mass is 35.5. The number of anilines is 1. The molecular weight excluding hydrogens is 284 g/mol. The molecule has 4 heteroatoms. The van der Waals surface area contributed by atoms with Crippen LogP contribution >= 0.6 is 11.6 Å². The monoisotopic (exact) mass is 310 g/mol. The number of likely N-dealkylation sites (N-methyl/N-ethyl adjacent to an activating group) is 1. The van der Waals surface area contributed by atoms with Crippen LogP contribution in [0.3, 0.4) is 0 Å². The van der Waals surface area contributed by atoms with E-state index in [0.29, 0.717) is 6.04 Å². The maximum Gasteiger partial charge on any atom is 0.0743 e. The number of halogens is 1. The fourth-order valence-electron chi connectivity index (χ4n) is 2.95. The van der Waals surface area contributed by atoms with Gasteiger partial charge in [-0.25, -0.2) is 0 Å². The Morgan fingerprint density at radius 1 is 1.33 bits per heavy atom. The first kappa shape index (κ1) is 16.6. The SMILES string of the molecule is CC(C)NCc1ccc(N(C)C2CCCCC2O)cc1Cl.